The number of amides is 1. The van der Waals surface area contributed by atoms with Gasteiger partial charge in [-0.2, -0.15) is 0 Å². The van der Waals surface area contributed by atoms with Gasteiger partial charge >= 0.3 is 6.09 Å². The molecule has 0 aromatic carbocycles. The SMILES string of the molecule is CCOC(=O)N1CCC(NC(N)=NCc2csc(-c3ccco3)n2)CC1.I. The second kappa shape index (κ2) is 10.5. The highest BCUT2D eigenvalue weighted by Crippen LogP contribution is 2.24. The van der Waals surface area contributed by atoms with E-state index in [0.29, 0.717) is 32.2 Å². The first-order chi connectivity index (χ1) is 12.7. The maximum absolute atomic E-state index is 11.7. The van der Waals surface area contributed by atoms with Gasteiger partial charge in [-0.05, 0) is 31.9 Å². The highest BCUT2D eigenvalue weighted by atomic mass is 127. The smallest absolute Gasteiger partial charge is 0.409 e. The van der Waals surface area contributed by atoms with Gasteiger partial charge in [0.15, 0.2) is 16.7 Å². The fourth-order valence-corrected chi connectivity index (χ4v) is 3.51. The molecule has 3 N–H and O–H groups in total. The number of piperidine rings is 1. The first kappa shape index (κ1) is 21.5. The van der Waals surface area contributed by atoms with E-state index in [2.05, 4.69) is 15.3 Å². The zero-order valence-corrected chi connectivity index (χ0v) is 18.2. The van der Waals surface area contributed by atoms with Crippen LogP contribution in [0.1, 0.15) is 25.5 Å². The maximum atomic E-state index is 11.7. The molecule has 27 heavy (non-hydrogen) atoms. The van der Waals surface area contributed by atoms with Crippen molar-refractivity contribution in [3.8, 4) is 10.8 Å². The van der Waals surface area contributed by atoms with E-state index in [1.54, 1.807) is 11.2 Å². The Morgan fingerprint density at radius 2 is 2.30 bits per heavy atom. The highest BCUT2D eigenvalue weighted by molar-refractivity contribution is 14.0. The Balaban J connectivity index is 0.00000261. The molecule has 1 aliphatic heterocycles. The highest BCUT2D eigenvalue weighted by Gasteiger charge is 2.23. The monoisotopic (exact) mass is 505 g/mol. The average molecular weight is 505 g/mol. The van der Waals surface area contributed by atoms with E-state index in [0.717, 1.165) is 29.3 Å². The Labute approximate surface area is 179 Å². The van der Waals surface area contributed by atoms with Crippen molar-refractivity contribution in [2.24, 2.45) is 10.7 Å². The first-order valence-electron chi connectivity index (χ1n) is 8.62. The Morgan fingerprint density at radius 1 is 1.52 bits per heavy atom. The molecule has 0 aliphatic carbocycles. The van der Waals surface area contributed by atoms with Crippen LogP contribution in [0.2, 0.25) is 0 Å². The molecule has 2 aromatic rings. The number of nitrogens with zero attached hydrogens (tertiary/aromatic N) is 3. The lowest BCUT2D eigenvalue weighted by molar-refractivity contribution is 0.0963. The first-order valence-corrected chi connectivity index (χ1v) is 9.50. The number of hydrogen-bond donors (Lipinski definition) is 2. The van der Waals surface area contributed by atoms with E-state index >= 15 is 0 Å². The second-order valence-electron chi connectivity index (χ2n) is 5.93. The van der Waals surface area contributed by atoms with Gasteiger partial charge in [-0.1, -0.05) is 0 Å². The van der Waals surface area contributed by atoms with Gasteiger partial charge in [0.1, 0.15) is 0 Å². The number of ether oxygens (including phenoxy) is 1. The van der Waals surface area contributed by atoms with Crippen molar-refractivity contribution in [2.45, 2.75) is 32.4 Å². The molecule has 2 aromatic heterocycles. The van der Waals surface area contributed by atoms with Crippen LogP contribution < -0.4 is 11.1 Å². The predicted octanol–water partition coefficient (Wildman–Crippen LogP) is 3.05. The van der Waals surface area contributed by atoms with E-state index in [4.69, 9.17) is 14.9 Å². The number of nitrogens with one attached hydrogen (secondary N) is 1. The maximum Gasteiger partial charge on any atom is 0.409 e. The van der Waals surface area contributed by atoms with Crippen molar-refractivity contribution in [2.75, 3.05) is 19.7 Å². The number of guanidine groups is 1. The third kappa shape index (κ3) is 6.09. The quantitative estimate of drug-likeness (QED) is 0.368. The number of rotatable bonds is 5. The largest absolute Gasteiger partial charge is 0.462 e. The number of hydrogen-bond acceptors (Lipinski definition) is 6. The standard InChI is InChI=1S/C17H23N5O3S.HI/c1-2-24-17(23)22-7-5-12(6-8-22)21-16(18)19-10-13-11-26-15(20-13)14-4-3-9-25-14;/h3-4,9,11-12H,2,5-8,10H2,1H3,(H3,18,19,21);1H. The second-order valence-corrected chi connectivity index (χ2v) is 6.79. The lowest BCUT2D eigenvalue weighted by Gasteiger charge is -2.31. The molecule has 1 saturated heterocycles. The number of aliphatic imine (C=N–C) groups is 1. The van der Waals surface area contributed by atoms with Gasteiger partial charge in [-0.25, -0.2) is 14.8 Å². The molecule has 0 atom stereocenters. The molecule has 0 saturated carbocycles. The minimum Gasteiger partial charge on any atom is -0.462 e. The number of aromatic nitrogens is 1. The van der Waals surface area contributed by atoms with Gasteiger partial charge in [0.05, 0.1) is 25.1 Å². The van der Waals surface area contributed by atoms with Crippen LogP contribution in [0.5, 0.6) is 0 Å². The minimum atomic E-state index is -0.247. The Hall–Kier alpha value is -1.82. The molecule has 1 aliphatic rings. The van der Waals surface area contributed by atoms with Crippen LogP contribution in [0.3, 0.4) is 0 Å². The van der Waals surface area contributed by atoms with Crippen molar-refractivity contribution in [3.05, 3.63) is 29.5 Å². The minimum absolute atomic E-state index is 0. The normalized spacial score (nSPS) is 15.3. The number of likely N-dealkylation sites (tertiary alicyclic amines) is 1. The van der Waals surface area contributed by atoms with Crippen LogP contribution >= 0.6 is 35.3 Å². The molecular weight excluding hydrogens is 481 g/mol. The number of carbonyl (C=O) groups excluding carboxylic acids is 1. The summed E-state index contributed by atoms with van der Waals surface area (Å²) in [6.45, 7) is 3.93. The zero-order chi connectivity index (χ0) is 18.4. The summed E-state index contributed by atoms with van der Waals surface area (Å²) in [4.78, 5) is 22.3. The number of halogens is 1. The van der Waals surface area contributed by atoms with Crippen molar-refractivity contribution >= 4 is 47.4 Å². The molecular formula is C17H24IN5O3S. The molecule has 148 valence electrons. The number of furan rings is 1. The van der Waals surface area contributed by atoms with Gasteiger partial charge in [0, 0.05) is 24.5 Å². The average Bonchev–Trinajstić information content (AvgIpc) is 3.32. The summed E-state index contributed by atoms with van der Waals surface area (Å²) in [6, 6.07) is 3.92. The Bertz CT molecular complexity index is 742. The predicted molar refractivity (Wildman–Crippen MR) is 115 cm³/mol. The van der Waals surface area contributed by atoms with Crippen molar-refractivity contribution < 1.29 is 13.9 Å². The molecule has 0 unspecified atom stereocenters. The third-order valence-corrected chi connectivity index (χ3v) is 4.97. The molecule has 3 heterocycles. The van der Waals surface area contributed by atoms with Crippen molar-refractivity contribution in [1.82, 2.24) is 15.2 Å². The summed E-state index contributed by atoms with van der Waals surface area (Å²) in [5.41, 5.74) is 6.84. The van der Waals surface area contributed by atoms with E-state index in [1.807, 2.05) is 24.4 Å². The molecule has 1 fully saturated rings. The van der Waals surface area contributed by atoms with E-state index < -0.39 is 0 Å². The number of nitrogens with two attached hydrogens (primary N) is 1. The summed E-state index contributed by atoms with van der Waals surface area (Å²) in [5, 5.41) is 6.00. The Kier molecular flexibility index (Phi) is 8.35. The molecule has 0 spiro atoms. The van der Waals surface area contributed by atoms with Crippen LogP contribution in [0.4, 0.5) is 4.79 Å². The van der Waals surface area contributed by atoms with Crippen LogP contribution in [0, 0.1) is 0 Å². The van der Waals surface area contributed by atoms with Gasteiger partial charge in [-0.15, -0.1) is 35.3 Å². The molecule has 10 heteroatoms. The van der Waals surface area contributed by atoms with Gasteiger partial charge in [0.2, 0.25) is 0 Å². The van der Waals surface area contributed by atoms with E-state index in [1.165, 1.54) is 11.3 Å². The molecule has 1 amide bonds. The van der Waals surface area contributed by atoms with Gasteiger partial charge < -0.3 is 25.1 Å². The zero-order valence-electron chi connectivity index (χ0n) is 15.1. The van der Waals surface area contributed by atoms with Crippen molar-refractivity contribution in [3.63, 3.8) is 0 Å². The fraction of sp³-hybridized carbons (Fsp3) is 0.471. The molecule has 8 nitrogen and oxygen atoms in total. The lowest BCUT2D eigenvalue weighted by atomic mass is 10.1. The number of carbonyl (C=O) groups is 1. The van der Waals surface area contributed by atoms with Crippen LogP contribution in [0.15, 0.2) is 33.2 Å². The third-order valence-electron chi connectivity index (χ3n) is 4.07. The molecule has 3 rings (SSSR count). The Morgan fingerprint density at radius 3 is 2.96 bits per heavy atom. The van der Waals surface area contributed by atoms with Crippen LogP contribution in [-0.2, 0) is 11.3 Å². The molecule has 0 bridgehead atoms. The molecule has 0 radical (unpaired) electrons. The van der Waals surface area contributed by atoms with E-state index in [9.17, 15) is 4.79 Å². The summed E-state index contributed by atoms with van der Waals surface area (Å²) in [5.74, 6) is 1.15. The lowest BCUT2D eigenvalue weighted by Crippen LogP contribution is -2.48. The summed E-state index contributed by atoms with van der Waals surface area (Å²) < 4.78 is 10.4. The van der Waals surface area contributed by atoms with E-state index in [-0.39, 0.29) is 36.1 Å². The topological polar surface area (TPSA) is 106 Å². The van der Waals surface area contributed by atoms with Gasteiger partial charge in [0.25, 0.3) is 0 Å². The summed E-state index contributed by atoms with van der Waals surface area (Å²) in [6.07, 6.45) is 3.01. The number of thiazole rings is 1. The van der Waals surface area contributed by atoms with Crippen LogP contribution in [-0.4, -0.2) is 47.7 Å². The van der Waals surface area contributed by atoms with Gasteiger partial charge in [-0.3, -0.25) is 0 Å². The fourth-order valence-electron chi connectivity index (χ4n) is 2.74. The summed E-state index contributed by atoms with van der Waals surface area (Å²) >= 11 is 1.52. The van der Waals surface area contributed by atoms with Crippen molar-refractivity contribution in [1.29, 1.82) is 0 Å². The summed E-state index contributed by atoms with van der Waals surface area (Å²) in [7, 11) is 0. The van der Waals surface area contributed by atoms with Crippen LogP contribution in [0.25, 0.3) is 10.8 Å².